The molecule has 78 valence electrons. The molecule has 0 bridgehead atoms. The minimum atomic E-state index is 0.251. The summed E-state index contributed by atoms with van der Waals surface area (Å²) in [5.74, 6) is 0. The van der Waals surface area contributed by atoms with Gasteiger partial charge in [-0.3, -0.25) is 0 Å². The average Bonchev–Trinajstić information content (AvgIpc) is 2.01. The Morgan fingerprint density at radius 2 is 1.85 bits per heavy atom. The Labute approximate surface area is 82.8 Å². The molecule has 2 nitrogen and oxygen atoms in total. The van der Waals surface area contributed by atoms with Crippen LogP contribution >= 0.6 is 0 Å². The largest absolute Gasteiger partial charge is 0.316 e. The van der Waals surface area contributed by atoms with Gasteiger partial charge in [-0.1, -0.05) is 6.08 Å². The van der Waals surface area contributed by atoms with E-state index in [0.29, 0.717) is 0 Å². The van der Waals surface area contributed by atoms with Crippen molar-refractivity contribution in [2.75, 3.05) is 19.6 Å². The maximum Gasteiger partial charge on any atom is 0.00965 e. The monoisotopic (exact) mass is 184 g/mol. The van der Waals surface area contributed by atoms with Gasteiger partial charge < -0.3 is 10.6 Å². The van der Waals surface area contributed by atoms with Crippen molar-refractivity contribution in [3.63, 3.8) is 0 Å². The maximum atomic E-state index is 3.67. The molecule has 2 N–H and O–H groups in total. The second-order valence-electron chi connectivity index (χ2n) is 4.36. The van der Waals surface area contributed by atoms with E-state index < -0.39 is 0 Å². The van der Waals surface area contributed by atoms with Crippen molar-refractivity contribution < 1.29 is 0 Å². The van der Waals surface area contributed by atoms with Crippen molar-refractivity contribution in [2.24, 2.45) is 0 Å². The van der Waals surface area contributed by atoms with Crippen molar-refractivity contribution in [2.45, 2.75) is 39.2 Å². The van der Waals surface area contributed by atoms with Crippen LogP contribution in [0, 0.1) is 0 Å². The maximum absolute atomic E-state index is 3.67. The highest BCUT2D eigenvalue weighted by molar-refractivity contribution is 4.70. The summed E-state index contributed by atoms with van der Waals surface area (Å²) in [6, 6.07) is 0. The quantitative estimate of drug-likeness (QED) is 0.467. The van der Waals surface area contributed by atoms with Gasteiger partial charge in [-0.2, -0.15) is 0 Å². The van der Waals surface area contributed by atoms with E-state index in [1.54, 1.807) is 0 Å². The Balaban J connectivity index is 3.04. The molecule has 0 aliphatic rings. The molecule has 2 heteroatoms. The molecule has 0 atom stereocenters. The zero-order valence-electron chi connectivity index (χ0n) is 9.32. The minimum absolute atomic E-state index is 0.251. The van der Waals surface area contributed by atoms with Crippen LogP contribution in [0.15, 0.2) is 12.7 Å². The molecule has 0 spiro atoms. The molecule has 13 heavy (non-hydrogen) atoms. The molecule has 0 rings (SSSR count). The van der Waals surface area contributed by atoms with Crippen LogP contribution in [0.1, 0.15) is 33.6 Å². The Bertz CT molecular complexity index is 125. The third-order valence-corrected chi connectivity index (χ3v) is 1.71. The zero-order chi connectivity index (χ0) is 10.2. The van der Waals surface area contributed by atoms with Crippen molar-refractivity contribution in [1.82, 2.24) is 10.6 Å². The van der Waals surface area contributed by atoms with Crippen LogP contribution in [-0.2, 0) is 0 Å². The second kappa shape index (κ2) is 7.10. The fourth-order valence-corrected chi connectivity index (χ4v) is 1.01. The predicted octanol–water partition coefficient (Wildman–Crippen LogP) is 1.93. The number of hydrogen-bond donors (Lipinski definition) is 2. The Morgan fingerprint density at radius 1 is 1.15 bits per heavy atom. The lowest BCUT2D eigenvalue weighted by molar-refractivity contribution is 0.419. The van der Waals surface area contributed by atoms with E-state index in [4.69, 9.17) is 0 Å². The van der Waals surface area contributed by atoms with Gasteiger partial charge in [0.1, 0.15) is 0 Å². The fraction of sp³-hybridized carbons (Fsp3) is 0.818. The lowest BCUT2D eigenvalue weighted by atomic mass is 10.1. The third-order valence-electron chi connectivity index (χ3n) is 1.71. The molecular weight excluding hydrogens is 160 g/mol. The topological polar surface area (TPSA) is 24.1 Å². The first kappa shape index (κ1) is 12.7. The van der Waals surface area contributed by atoms with Gasteiger partial charge in [0.15, 0.2) is 0 Å². The first-order chi connectivity index (χ1) is 6.06. The van der Waals surface area contributed by atoms with Gasteiger partial charge in [0, 0.05) is 5.54 Å². The Morgan fingerprint density at radius 3 is 2.38 bits per heavy atom. The Hall–Kier alpha value is -0.340. The highest BCUT2D eigenvalue weighted by Gasteiger charge is 2.06. The van der Waals surface area contributed by atoms with Gasteiger partial charge in [0.25, 0.3) is 0 Å². The molecule has 0 aliphatic heterocycles. The lowest BCUT2D eigenvalue weighted by Gasteiger charge is -2.20. The lowest BCUT2D eigenvalue weighted by Crippen LogP contribution is -2.37. The van der Waals surface area contributed by atoms with Gasteiger partial charge in [-0.05, 0) is 53.2 Å². The van der Waals surface area contributed by atoms with Crippen LogP contribution in [0.25, 0.3) is 0 Å². The molecule has 0 radical (unpaired) electrons. The van der Waals surface area contributed by atoms with E-state index in [2.05, 4.69) is 38.0 Å². The van der Waals surface area contributed by atoms with Crippen molar-refractivity contribution in [3.8, 4) is 0 Å². The molecular formula is C11H24N2. The van der Waals surface area contributed by atoms with E-state index in [0.717, 1.165) is 26.1 Å². The normalized spacial score (nSPS) is 11.6. The zero-order valence-corrected chi connectivity index (χ0v) is 9.32. The summed E-state index contributed by atoms with van der Waals surface area (Å²) in [7, 11) is 0. The van der Waals surface area contributed by atoms with Crippen molar-refractivity contribution >= 4 is 0 Å². The SMILES string of the molecule is C=CCCNCCCNC(C)(C)C. The molecule has 0 aromatic heterocycles. The number of hydrogen-bond acceptors (Lipinski definition) is 2. The minimum Gasteiger partial charge on any atom is -0.316 e. The van der Waals surface area contributed by atoms with Gasteiger partial charge in [0.05, 0.1) is 0 Å². The summed E-state index contributed by atoms with van der Waals surface area (Å²) in [5.41, 5.74) is 0.251. The van der Waals surface area contributed by atoms with Crippen LogP contribution < -0.4 is 10.6 Å². The summed E-state index contributed by atoms with van der Waals surface area (Å²) in [6.07, 6.45) is 4.20. The predicted molar refractivity (Wildman–Crippen MR) is 60.1 cm³/mol. The fourth-order valence-electron chi connectivity index (χ4n) is 1.01. The molecule has 0 saturated heterocycles. The van der Waals surface area contributed by atoms with Crippen LogP contribution in [0.4, 0.5) is 0 Å². The third kappa shape index (κ3) is 11.7. The first-order valence-corrected chi connectivity index (χ1v) is 5.13. The molecule has 0 saturated carbocycles. The van der Waals surface area contributed by atoms with Gasteiger partial charge in [0.2, 0.25) is 0 Å². The standard InChI is InChI=1S/C11H24N2/c1-5-6-8-12-9-7-10-13-11(2,3)4/h5,12-13H,1,6-10H2,2-4H3. The van der Waals surface area contributed by atoms with Crippen molar-refractivity contribution in [3.05, 3.63) is 12.7 Å². The van der Waals surface area contributed by atoms with E-state index in [9.17, 15) is 0 Å². The molecule has 0 heterocycles. The van der Waals surface area contributed by atoms with Crippen LogP contribution in [0.2, 0.25) is 0 Å². The first-order valence-electron chi connectivity index (χ1n) is 5.13. The van der Waals surface area contributed by atoms with E-state index in [1.807, 2.05) is 6.08 Å². The smallest absolute Gasteiger partial charge is 0.00965 e. The molecule has 0 aromatic carbocycles. The highest BCUT2D eigenvalue weighted by Crippen LogP contribution is 1.97. The number of rotatable bonds is 7. The van der Waals surface area contributed by atoms with E-state index in [1.165, 1.54) is 6.42 Å². The molecule has 0 aliphatic carbocycles. The molecule has 0 amide bonds. The highest BCUT2D eigenvalue weighted by atomic mass is 14.9. The average molecular weight is 184 g/mol. The van der Waals surface area contributed by atoms with Gasteiger partial charge >= 0.3 is 0 Å². The van der Waals surface area contributed by atoms with Crippen LogP contribution in [0.3, 0.4) is 0 Å². The molecule has 0 unspecified atom stereocenters. The number of nitrogens with one attached hydrogen (secondary N) is 2. The van der Waals surface area contributed by atoms with E-state index >= 15 is 0 Å². The van der Waals surface area contributed by atoms with Crippen LogP contribution in [0.5, 0.6) is 0 Å². The second-order valence-corrected chi connectivity index (χ2v) is 4.36. The summed E-state index contributed by atoms with van der Waals surface area (Å²) < 4.78 is 0. The van der Waals surface area contributed by atoms with E-state index in [-0.39, 0.29) is 5.54 Å². The summed E-state index contributed by atoms with van der Waals surface area (Å²) in [5, 5.41) is 6.81. The van der Waals surface area contributed by atoms with Crippen molar-refractivity contribution in [1.29, 1.82) is 0 Å². The summed E-state index contributed by atoms with van der Waals surface area (Å²) in [6.45, 7) is 13.5. The summed E-state index contributed by atoms with van der Waals surface area (Å²) >= 11 is 0. The Kier molecular flexibility index (Phi) is 6.92. The molecule has 0 aromatic rings. The molecule has 0 fully saturated rings. The van der Waals surface area contributed by atoms with Crippen LogP contribution in [-0.4, -0.2) is 25.2 Å². The van der Waals surface area contributed by atoms with Gasteiger partial charge in [-0.25, -0.2) is 0 Å². The summed E-state index contributed by atoms with van der Waals surface area (Å²) in [4.78, 5) is 0. The van der Waals surface area contributed by atoms with Gasteiger partial charge in [-0.15, -0.1) is 6.58 Å².